The van der Waals surface area contributed by atoms with Crippen LogP contribution in [0.2, 0.25) is 0 Å². The lowest BCUT2D eigenvalue weighted by atomic mass is 9.96. The lowest BCUT2D eigenvalue weighted by molar-refractivity contribution is -0.146. The third-order valence-corrected chi connectivity index (χ3v) is 4.91. The second kappa shape index (κ2) is 6.11. The third-order valence-electron chi connectivity index (χ3n) is 4.91. The van der Waals surface area contributed by atoms with Gasteiger partial charge in [0.1, 0.15) is 0 Å². The Labute approximate surface area is 137 Å². The van der Waals surface area contributed by atoms with Crippen LogP contribution in [0.15, 0.2) is 24.3 Å². The number of carboxylic acid groups (broad SMARTS) is 1. The molecule has 2 fully saturated rings. The third kappa shape index (κ3) is 3.39. The van der Waals surface area contributed by atoms with E-state index in [4.69, 9.17) is 5.11 Å². The topological polar surface area (TPSA) is 57.6 Å². The minimum absolute atomic E-state index is 0.0683. The first-order valence-electron chi connectivity index (χ1n) is 7.96. The number of alkyl halides is 3. The number of piperidine rings is 1. The zero-order valence-electron chi connectivity index (χ0n) is 12.9. The van der Waals surface area contributed by atoms with Crippen LogP contribution in [-0.2, 0) is 15.8 Å². The van der Waals surface area contributed by atoms with Crippen molar-refractivity contribution >= 4 is 11.9 Å². The van der Waals surface area contributed by atoms with Gasteiger partial charge in [0.05, 0.1) is 11.5 Å². The van der Waals surface area contributed by atoms with E-state index in [1.165, 1.54) is 6.07 Å². The monoisotopic (exact) mass is 341 g/mol. The first-order chi connectivity index (χ1) is 11.3. The molecule has 0 spiro atoms. The van der Waals surface area contributed by atoms with Crippen molar-refractivity contribution in [3.8, 4) is 0 Å². The Bertz CT molecular complexity index is 651. The fourth-order valence-electron chi connectivity index (χ4n) is 3.36. The summed E-state index contributed by atoms with van der Waals surface area (Å²) in [6.45, 7) is 0.809. The molecule has 0 radical (unpaired) electrons. The summed E-state index contributed by atoms with van der Waals surface area (Å²) in [7, 11) is 0. The van der Waals surface area contributed by atoms with Gasteiger partial charge in [0.25, 0.3) is 0 Å². The number of hydrogen-bond acceptors (Lipinski definition) is 2. The van der Waals surface area contributed by atoms with Crippen molar-refractivity contribution in [1.29, 1.82) is 0 Å². The Morgan fingerprint density at radius 2 is 1.83 bits per heavy atom. The van der Waals surface area contributed by atoms with Crippen molar-refractivity contribution in [2.24, 2.45) is 11.8 Å². The number of likely N-dealkylation sites (tertiary alicyclic amines) is 1. The number of carbonyl (C=O) groups excluding carboxylic acids is 1. The molecule has 1 aromatic carbocycles. The SMILES string of the molecule is O=C(O)C1CCN(C(=O)C2CC2c2cccc(C(F)(F)F)c2)CC1. The van der Waals surface area contributed by atoms with Gasteiger partial charge in [-0.1, -0.05) is 18.2 Å². The molecule has 1 amide bonds. The molecule has 2 unspecified atom stereocenters. The molecular weight excluding hydrogens is 323 g/mol. The summed E-state index contributed by atoms with van der Waals surface area (Å²) < 4.78 is 38.3. The van der Waals surface area contributed by atoms with Crippen LogP contribution in [0.1, 0.15) is 36.3 Å². The molecule has 1 saturated carbocycles. The van der Waals surface area contributed by atoms with Gasteiger partial charge in [0, 0.05) is 19.0 Å². The summed E-state index contributed by atoms with van der Waals surface area (Å²) >= 11 is 0. The van der Waals surface area contributed by atoms with E-state index in [1.807, 2.05) is 0 Å². The predicted octanol–water partition coefficient (Wildman–Crippen LogP) is 3.13. The van der Waals surface area contributed by atoms with Gasteiger partial charge in [-0.3, -0.25) is 9.59 Å². The molecule has 24 heavy (non-hydrogen) atoms. The summed E-state index contributed by atoms with van der Waals surface area (Å²) in [4.78, 5) is 25.0. The second-order valence-electron chi connectivity index (χ2n) is 6.51. The van der Waals surface area contributed by atoms with Crippen LogP contribution in [0.4, 0.5) is 13.2 Å². The van der Waals surface area contributed by atoms with Crippen LogP contribution >= 0.6 is 0 Å². The number of benzene rings is 1. The van der Waals surface area contributed by atoms with E-state index in [1.54, 1.807) is 11.0 Å². The summed E-state index contributed by atoms with van der Waals surface area (Å²) in [6.07, 6.45) is -2.97. The minimum atomic E-state index is -4.39. The van der Waals surface area contributed by atoms with E-state index in [0.717, 1.165) is 12.1 Å². The number of hydrogen-bond donors (Lipinski definition) is 1. The first-order valence-corrected chi connectivity index (χ1v) is 7.96. The molecule has 1 aliphatic heterocycles. The fraction of sp³-hybridized carbons (Fsp3) is 0.529. The highest BCUT2D eigenvalue weighted by molar-refractivity contribution is 5.83. The highest BCUT2D eigenvalue weighted by atomic mass is 19.4. The highest BCUT2D eigenvalue weighted by Gasteiger charge is 2.47. The maximum absolute atomic E-state index is 12.8. The van der Waals surface area contributed by atoms with Crippen molar-refractivity contribution in [2.75, 3.05) is 13.1 Å². The van der Waals surface area contributed by atoms with Crippen LogP contribution < -0.4 is 0 Å². The van der Waals surface area contributed by atoms with Crippen molar-refractivity contribution < 1.29 is 27.9 Å². The molecule has 2 atom stereocenters. The summed E-state index contributed by atoms with van der Waals surface area (Å²) in [5, 5.41) is 8.97. The van der Waals surface area contributed by atoms with Gasteiger partial charge in [0.15, 0.2) is 0 Å². The summed E-state index contributed by atoms with van der Waals surface area (Å²) in [6, 6.07) is 5.15. The van der Waals surface area contributed by atoms with Crippen LogP contribution in [0.5, 0.6) is 0 Å². The average molecular weight is 341 g/mol. The average Bonchev–Trinajstić information content (AvgIpc) is 3.34. The van der Waals surface area contributed by atoms with E-state index >= 15 is 0 Å². The summed E-state index contributed by atoms with van der Waals surface area (Å²) in [5.41, 5.74) is -0.149. The Kier molecular flexibility index (Phi) is 4.27. The predicted molar refractivity (Wildman–Crippen MR) is 79.2 cm³/mol. The van der Waals surface area contributed by atoms with Crippen molar-refractivity contribution in [3.05, 3.63) is 35.4 Å². The Hall–Kier alpha value is -2.05. The van der Waals surface area contributed by atoms with Gasteiger partial charge in [0.2, 0.25) is 5.91 Å². The molecular formula is C17H18F3NO3. The molecule has 1 heterocycles. The molecule has 7 heteroatoms. The highest BCUT2D eigenvalue weighted by Crippen LogP contribution is 2.49. The van der Waals surface area contributed by atoms with E-state index in [2.05, 4.69) is 0 Å². The lowest BCUT2D eigenvalue weighted by Crippen LogP contribution is -2.41. The maximum Gasteiger partial charge on any atom is 0.416 e. The number of halogens is 3. The molecule has 130 valence electrons. The van der Waals surface area contributed by atoms with Gasteiger partial charge in [-0.2, -0.15) is 13.2 Å². The second-order valence-corrected chi connectivity index (χ2v) is 6.51. The Morgan fingerprint density at radius 3 is 2.42 bits per heavy atom. The Morgan fingerprint density at radius 1 is 1.17 bits per heavy atom. The van der Waals surface area contributed by atoms with Crippen LogP contribution in [-0.4, -0.2) is 35.0 Å². The first kappa shape index (κ1) is 16.8. The molecule has 3 rings (SSSR count). The molecule has 1 N–H and O–H groups in total. The van der Waals surface area contributed by atoms with E-state index in [0.29, 0.717) is 37.9 Å². The molecule has 1 saturated heterocycles. The quantitative estimate of drug-likeness (QED) is 0.919. The molecule has 2 aliphatic rings. The van der Waals surface area contributed by atoms with Crippen molar-refractivity contribution in [1.82, 2.24) is 4.90 Å². The fourth-order valence-corrected chi connectivity index (χ4v) is 3.36. The smallest absolute Gasteiger partial charge is 0.416 e. The van der Waals surface area contributed by atoms with Crippen LogP contribution in [0.25, 0.3) is 0 Å². The van der Waals surface area contributed by atoms with Crippen molar-refractivity contribution in [3.63, 3.8) is 0 Å². The normalized spacial score (nSPS) is 24.7. The molecule has 4 nitrogen and oxygen atoms in total. The van der Waals surface area contributed by atoms with Crippen LogP contribution in [0.3, 0.4) is 0 Å². The minimum Gasteiger partial charge on any atom is -0.481 e. The van der Waals surface area contributed by atoms with Gasteiger partial charge < -0.3 is 10.0 Å². The van der Waals surface area contributed by atoms with E-state index in [-0.39, 0.29) is 17.7 Å². The zero-order valence-corrected chi connectivity index (χ0v) is 12.9. The summed E-state index contributed by atoms with van der Waals surface area (Å²) in [5.74, 6) is -1.77. The number of carbonyl (C=O) groups is 2. The van der Waals surface area contributed by atoms with Gasteiger partial charge >= 0.3 is 12.1 Å². The maximum atomic E-state index is 12.8. The number of amides is 1. The molecule has 1 aliphatic carbocycles. The Balaban J connectivity index is 1.61. The van der Waals surface area contributed by atoms with Gasteiger partial charge in [-0.05, 0) is 36.8 Å². The van der Waals surface area contributed by atoms with Gasteiger partial charge in [-0.15, -0.1) is 0 Å². The standard InChI is InChI=1S/C17H18F3NO3/c18-17(19,20)12-3-1-2-11(8-12)13-9-14(13)15(22)21-6-4-10(5-7-21)16(23)24/h1-3,8,10,13-14H,4-7,9H2,(H,23,24). The number of nitrogens with zero attached hydrogens (tertiary/aromatic N) is 1. The molecule has 0 bridgehead atoms. The largest absolute Gasteiger partial charge is 0.481 e. The van der Waals surface area contributed by atoms with E-state index < -0.39 is 23.6 Å². The lowest BCUT2D eigenvalue weighted by Gasteiger charge is -2.30. The zero-order chi connectivity index (χ0) is 17.5. The number of carboxylic acids is 1. The van der Waals surface area contributed by atoms with E-state index in [9.17, 15) is 22.8 Å². The molecule has 0 aromatic heterocycles. The van der Waals surface area contributed by atoms with Crippen LogP contribution in [0, 0.1) is 11.8 Å². The number of rotatable bonds is 3. The van der Waals surface area contributed by atoms with Crippen molar-refractivity contribution in [2.45, 2.75) is 31.4 Å². The molecule has 1 aromatic rings. The van der Waals surface area contributed by atoms with Gasteiger partial charge in [-0.25, -0.2) is 0 Å². The number of aliphatic carboxylic acids is 1.